The molecule has 0 bridgehead atoms. The Bertz CT molecular complexity index is 659. The Morgan fingerprint density at radius 2 is 1.94 bits per heavy atom. The van der Waals surface area contributed by atoms with Crippen molar-refractivity contribution in [1.82, 2.24) is 10.2 Å². The van der Waals surface area contributed by atoms with Crippen LogP contribution in [0.5, 0.6) is 0 Å². The van der Waals surface area contributed by atoms with E-state index in [9.17, 15) is 8.42 Å². The minimum Gasteiger partial charge on any atom is -0.276 e. The summed E-state index contributed by atoms with van der Waals surface area (Å²) < 4.78 is 22.7. The number of aryl methyl sites for hydroxylation is 2. The zero-order chi connectivity index (χ0) is 12.6. The zero-order valence-corrected chi connectivity index (χ0v) is 10.4. The van der Waals surface area contributed by atoms with Crippen molar-refractivity contribution >= 4 is 10.0 Å². The summed E-state index contributed by atoms with van der Waals surface area (Å²) in [5.74, 6) is 0. The van der Waals surface area contributed by atoms with Gasteiger partial charge in [-0.15, -0.1) is 0 Å². The first-order chi connectivity index (χ1) is 7.89. The third kappa shape index (κ3) is 2.22. The number of aromatic nitrogens is 2. The van der Waals surface area contributed by atoms with Crippen molar-refractivity contribution in [3.8, 4) is 11.3 Å². The lowest BCUT2D eigenvalue weighted by Crippen LogP contribution is -2.12. The Hall–Kier alpha value is -1.66. The van der Waals surface area contributed by atoms with E-state index in [0.29, 0.717) is 5.69 Å². The average molecular weight is 251 g/mol. The second kappa shape index (κ2) is 3.97. The Morgan fingerprint density at radius 3 is 2.53 bits per heavy atom. The molecule has 2 aromatic rings. The minimum atomic E-state index is -3.76. The number of nitrogens with two attached hydrogens (primary N) is 1. The lowest BCUT2D eigenvalue weighted by atomic mass is 10.0. The summed E-state index contributed by atoms with van der Waals surface area (Å²) in [6, 6.07) is 5.67. The van der Waals surface area contributed by atoms with Gasteiger partial charge in [-0.3, -0.25) is 5.10 Å². The van der Waals surface area contributed by atoms with Gasteiger partial charge in [-0.05, 0) is 31.0 Å². The number of hydrogen-bond acceptors (Lipinski definition) is 3. The topological polar surface area (TPSA) is 88.8 Å². The van der Waals surface area contributed by atoms with E-state index in [0.717, 1.165) is 16.7 Å². The largest absolute Gasteiger partial charge is 0.276 e. The molecule has 0 aliphatic heterocycles. The van der Waals surface area contributed by atoms with Gasteiger partial charge in [0, 0.05) is 5.56 Å². The molecule has 0 fully saturated rings. The highest BCUT2D eigenvalue weighted by Crippen LogP contribution is 2.25. The van der Waals surface area contributed by atoms with Crippen molar-refractivity contribution in [2.75, 3.05) is 0 Å². The molecular weight excluding hydrogens is 238 g/mol. The molecule has 3 N–H and O–H groups in total. The summed E-state index contributed by atoms with van der Waals surface area (Å²) in [6.07, 6.45) is 1.22. The molecule has 0 aliphatic rings. The van der Waals surface area contributed by atoms with Crippen molar-refractivity contribution < 1.29 is 8.42 Å². The molecule has 0 saturated heterocycles. The molecule has 0 radical (unpaired) electrons. The van der Waals surface area contributed by atoms with Crippen LogP contribution < -0.4 is 5.14 Å². The van der Waals surface area contributed by atoms with Crippen LogP contribution in [-0.2, 0) is 10.0 Å². The molecule has 2 rings (SSSR count). The van der Waals surface area contributed by atoms with Gasteiger partial charge in [0.15, 0.2) is 0 Å². The van der Waals surface area contributed by atoms with E-state index in [1.165, 1.54) is 6.20 Å². The predicted molar refractivity (Wildman–Crippen MR) is 64.9 cm³/mol. The first-order valence-electron chi connectivity index (χ1n) is 5.03. The first kappa shape index (κ1) is 11.8. The average Bonchev–Trinajstić information content (AvgIpc) is 2.70. The Labute approximate surface area is 99.7 Å². The van der Waals surface area contributed by atoms with E-state index in [-0.39, 0.29) is 4.90 Å². The fourth-order valence-electron chi connectivity index (χ4n) is 1.59. The molecule has 0 aliphatic carbocycles. The SMILES string of the molecule is Cc1ccc(-c2[nH]ncc2S(N)(=O)=O)cc1C. The molecule has 90 valence electrons. The smallest absolute Gasteiger partial charge is 0.241 e. The van der Waals surface area contributed by atoms with Crippen molar-refractivity contribution in [3.63, 3.8) is 0 Å². The monoisotopic (exact) mass is 251 g/mol. The number of hydrogen-bond donors (Lipinski definition) is 2. The second-order valence-electron chi connectivity index (χ2n) is 3.95. The Morgan fingerprint density at radius 1 is 1.24 bits per heavy atom. The third-order valence-corrected chi connectivity index (χ3v) is 3.63. The molecule has 6 heteroatoms. The second-order valence-corrected chi connectivity index (χ2v) is 5.48. The number of primary sulfonamides is 1. The number of rotatable bonds is 2. The maximum atomic E-state index is 11.4. The van der Waals surface area contributed by atoms with E-state index in [4.69, 9.17) is 5.14 Å². The molecule has 1 aromatic heterocycles. The van der Waals surface area contributed by atoms with Crippen molar-refractivity contribution in [1.29, 1.82) is 0 Å². The highest BCUT2D eigenvalue weighted by atomic mass is 32.2. The molecule has 17 heavy (non-hydrogen) atoms. The lowest BCUT2D eigenvalue weighted by molar-refractivity contribution is 0.598. The molecule has 1 aromatic carbocycles. The fraction of sp³-hybridized carbons (Fsp3) is 0.182. The highest BCUT2D eigenvalue weighted by Gasteiger charge is 2.17. The van der Waals surface area contributed by atoms with Crippen molar-refractivity contribution in [2.45, 2.75) is 18.7 Å². The van der Waals surface area contributed by atoms with Crippen LogP contribution in [0.15, 0.2) is 29.3 Å². The fourth-order valence-corrected chi connectivity index (χ4v) is 2.24. The predicted octanol–water partition coefficient (Wildman–Crippen LogP) is 1.34. The molecule has 0 spiro atoms. The van der Waals surface area contributed by atoms with Gasteiger partial charge in [0.05, 0.1) is 11.9 Å². The van der Waals surface area contributed by atoms with Gasteiger partial charge in [0.2, 0.25) is 10.0 Å². The number of aromatic amines is 1. The standard InChI is InChI=1S/C11H13N3O2S/c1-7-3-4-9(5-8(7)2)11-10(6-13-14-11)17(12,15)16/h3-6H,1-2H3,(H,13,14)(H2,12,15,16). The van der Waals surface area contributed by atoms with E-state index in [2.05, 4.69) is 10.2 Å². The summed E-state index contributed by atoms with van der Waals surface area (Å²) in [5, 5.41) is 11.5. The van der Waals surface area contributed by atoms with Crippen LogP contribution >= 0.6 is 0 Å². The van der Waals surface area contributed by atoms with Crippen molar-refractivity contribution in [2.24, 2.45) is 5.14 Å². The summed E-state index contributed by atoms with van der Waals surface area (Å²) in [7, 11) is -3.76. The van der Waals surface area contributed by atoms with Gasteiger partial charge in [-0.1, -0.05) is 12.1 Å². The molecular formula is C11H13N3O2S. The normalized spacial score (nSPS) is 11.7. The number of nitrogens with zero attached hydrogens (tertiary/aromatic N) is 1. The molecule has 0 unspecified atom stereocenters. The molecule has 0 amide bonds. The first-order valence-corrected chi connectivity index (χ1v) is 6.58. The van der Waals surface area contributed by atoms with E-state index in [1.807, 2.05) is 32.0 Å². The lowest BCUT2D eigenvalue weighted by Gasteiger charge is -2.05. The van der Waals surface area contributed by atoms with Gasteiger partial charge in [-0.2, -0.15) is 5.10 Å². The van der Waals surface area contributed by atoms with Gasteiger partial charge >= 0.3 is 0 Å². The number of benzene rings is 1. The molecule has 1 heterocycles. The van der Waals surface area contributed by atoms with Crippen LogP contribution in [0.3, 0.4) is 0 Å². The summed E-state index contributed by atoms with van der Waals surface area (Å²) in [5.41, 5.74) is 3.41. The maximum Gasteiger partial charge on any atom is 0.241 e. The molecule has 0 saturated carbocycles. The van der Waals surface area contributed by atoms with E-state index < -0.39 is 10.0 Å². The van der Waals surface area contributed by atoms with Crippen molar-refractivity contribution in [3.05, 3.63) is 35.5 Å². The van der Waals surface area contributed by atoms with Crippen LogP contribution in [0, 0.1) is 13.8 Å². The van der Waals surface area contributed by atoms with Crippen LogP contribution in [-0.4, -0.2) is 18.6 Å². The van der Waals surface area contributed by atoms with Crippen LogP contribution in [0.25, 0.3) is 11.3 Å². The Kier molecular flexibility index (Phi) is 2.76. The number of nitrogens with one attached hydrogen (secondary N) is 1. The molecule has 5 nitrogen and oxygen atoms in total. The minimum absolute atomic E-state index is 0.0146. The van der Waals surface area contributed by atoms with Crippen LogP contribution in [0.1, 0.15) is 11.1 Å². The summed E-state index contributed by atoms with van der Waals surface area (Å²) in [6.45, 7) is 3.96. The maximum absolute atomic E-state index is 11.4. The zero-order valence-electron chi connectivity index (χ0n) is 9.56. The quantitative estimate of drug-likeness (QED) is 0.844. The van der Waals surface area contributed by atoms with E-state index >= 15 is 0 Å². The number of sulfonamides is 1. The van der Waals surface area contributed by atoms with Gasteiger partial charge in [0.1, 0.15) is 4.90 Å². The third-order valence-electron chi connectivity index (χ3n) is 2.71. The molecule has 0 atom stereocenters. The summed E-state index contributed by atoms with van der Waals surface area (Å²) in [4.78, 5) is 0.0146. The van der Waals surface area contributed by atoms with Gasteiger partial charge in [0.25, 0.3) is 0 Å². The van der Waals surface area contributed by atoms with Gasteiger partial charge in [-0.25, -0.2) is 13.6 Å². The number of H-pyrrole nitrogens is 1. The van der Waals surface area contributed by atoms with Crippen LogP contribution in [0.2, 0.25) is 0 Å². The van der Waals surface area contributed by atoms with Crippen LogP contribution in [0.4, 0.5) is 0 Å². The van der Waals surface area contributed by atoms with Gasteiger partial charge < -0.3 is 0 Å². The summed E-state index contributed by atoms with van der Waals surface area (Å²) >= 11 is 0. The Balaban J connectivity index is 2.62. The van der Waals surface area contributed by atoms with E-state index in [1.54, 1.807) is 0 Å². The highest BCUT2D eigenvalue weighted by molar-refractivity contribution is 7.89.